The first-order valence-electron chi connectivity index (χ1n) is 6.58. The molecule has 1 atom stereocenters. The first kappa shape index (κ1) is 15.4. The van der Waals surface area contributed by atoms with Crippen molar-refractivity contribution in [3.8, 4) is 0 Å². The minimum Gasteiger partial charge on any atom is -0.478 e. The number of benzene rings is 1. The third-order valence-electron chi connectivity index (χ3n) is 2.85. The smallest absolute Gasteiger partial charge is 0.408 e. The van der Waals surface area contributed by atoms with E-state index in [1.165, 1.54) is 12.4 Å². The summed E-state index contributed by atoms with van der Waals surface area (Å²) in [4.78, 5) is 30.2. The van der Waals surface area contributed by atoms with Crippen molar-refractivity contribution in [2.24, 2.45) is 0 Å². The molecule has 0 spiro atoms. The number of hydrogen-bond acceptors (Lipinski definition) is 5. The van der Waals surface area contributed by atoms with Crippen LogP contribution in [0, 0.1) is 0 Å². The van der Waals surface area contributed by atoms with Crippen molar-refractivity contribution in [2.75, 3.05) is 0 Å². The molecule has 0 fully saturated rings. The topological polar surface area (TPSA) is 101 Å². The van der Waals surface area contributed by atoms with Crippen molar-refractivity contribution in [1.82, 2.24) is 15.3 Å². The van der Waals surface area contributed by atoms with Gasteiger partial charge in [-0.2, -0.15) is 0 Å². The number of carboxylic acid groups (broad SMARTS) is 1. The van der Waals surface area contributed by atoms with Gasteiger partial charge in [0.15, 0.2) is 0 Å². The number of carboxylic acids is 1. The maximum Gasteiger partial charge on any atom is 0.408 e. The Labute approximate surface area is 127 Å². The molecular formula is C15H15N3O4. The summed E-state index contributed by atoms with van der Waals surface area (Å²) in [5, 5.41) is 11.3. The highest BCUT2D eigenvalue weighted by Gasteiger charge is 2.14. The molecule has 1 heterocycles. The molecule has 2 N–H and O–H groups in total. The summed E-state index contributed by atoms with van der Waals surface area (Å²) in [6, 6.07) is 8.80. The summed E-state index contributed by atoms with van der Waals surface area (Å²) in [5.74, 6) is -0.795. The van der Waals surface area contributed by atoms with Crippen molar-refractivity contribution in [1.29, 1.82) is 0 Å². The zero-order valence-corrected chi connectivity index (χ0v) is 11.9. The third-order valence-corrected chi connectivity index (χ3v) is 2.85. The molecule has 1 aromatic heterocycles. The van der Waals surface area contributed by atoms with E-state index in [-0.39, 0.29) is 12.2 Å². The Bertz CT molecular complexity index is 644. The van der Waals surface area contributed by atoms with E-state index in [0.29, 0.717) is 5.82 Å². The predicted octanol–water partition coefficient (Wildman–Crippen LogP) is 2.16. The normalized spacial score (nSPS) is 11.5. The van der Waals surface area contributed by atoms with Gasteiger partial charge in [0.25, 0.3) is 0 Å². The Kier molecular flexibility index (Phi) is 5.02. The second-order valence-electron chi connectivity index (χ2n) is 4.56. The maximum atomic E-state index is 11.7. The standard InChI is InChI=1S/C15H15N3O4/c1-10(13-16-7-12(8-17-13)14(19)20)18-15(21)22-9-11-5-3-2-4-6-11/h2-8,10H,9H2,1H3,(H,18,21)(H,19,20)/t10-/m0/s1. The monoisotopic (exact) mass is 301 g/mol. The lowest BCUT2D eigenvalue weighted by atomic mass is 10.2. The van der Waals surface area contributed by atoms with Crippen LogP contribution in [-0.2, 0) is 11.3 Å². The van der Waals surface area contributed by atoms with E-state index in [4.69, 9.17) is 9.84 Å². The average Bonchev–Trinajstić information content (AvgIpc) is 2.54. The minimum atomic E-state index is -1.10. The zero-order valence-electron chi connectivity index (χ0n) is 11.9. The fraction of sp³-hybridized carbons (Fsp3) is 0.200. The number of aromatic carboxylic acids is 1. The average molecular weight is 301 g/mol. The van der Waals surface area contributed by atoms with Gasteiger partial charge in [-0.05, 0) is 12.5 Å². The van der Waals surface area contributed by atoms with Gasteiger partial charge < -0.3 is 15.2 Å². The molecule has 7 heteroatoms. The van der Waals surface area contributed by atoms with E-state index >= 15 is 0 Å². The summed E-state index contributed by atoms with van der Waals surface area (Å²) in [7, 11) is 0. The molecule has 0 aliphatic carbocycles. The van der Waals surface area contributed by atoms with Crippen LogP contribution >= 0.6 is 0 Å². The van der Waals surface area contributed by atoms with Crippen molar-refractivity contribution >= 4 is 12.1 Å². The first-order chi connectivity index (χ1) is 10.6. The van der Waals surface area contributed by atoms with Crippen LogP contribution in [0.3, 0.4) is 0 Å². The van der Waals surface area contributed by atoms with Crippen LogP contribution in [-0.4, -0.2) is 27.1 Å². The van der Waals surface area contributed by atoms with Crippen LogP contribution in [0.2, 0.25) is 0 Å². The van der Waals surface area contributed by atoms with E-state index in [0.717, 1.165) is 5.56 Å². The summed E-state index contributed by atoms with van der Waals surface area (Å²) in [5.41, 5.74) is 0.870. The maximum absolute atomic E-state index is 11.7. The molecule has 2 aromatic rings. The number of carbonyl (C=O) groups excluding carboxylic acids is 1. The molecule has 0 saturated carbocycles. The molecule has 0 radical (unpaired) electrons. The van der Waals surface area contributed by atoms with E-state index < -0.39 is 18.1 Å². The van der Waals surface area contributed by atoms with Gasteiger partial charge in [-0.15, -0.1) is 0 Å². The quantitative estimate of drug-likeness (QED) is 0.877. The van der Waals surface area contributed by atoms with Crippen LogP contribution < -0.4 is 5.32 Å². The van der Waals surface area contributed by atoms with Gasteiger partial charge in [-0.25, -0.2) is 19.6 Å². The van der Waals surface area contributed by atoms with Gasteiger partial charge >= 0.3 is 12.1 Å². The molecular weight excluding hydrogens is 286 g/mol. The Balaban J connectivity index is 1.86. The van der Waals surface area contributed by atoms with Crippen LogP contribution in [0.25, 0.3) is 0 Å². The second-order valence-corrected chi connectivity index (χ2v) is 4.56. The molecule has 0 unspecified atom stereocenters. The van der Waals surface area contributed by atoms with Gasteiger partial charge in [0, 0.05) is 12.4 Å². The largest absolute Gasteiger partial charge is 0.478 e. The Morgan fingerprint density at radius 3 is 2.45 bits per heavy atom. The molecule has 114 valence electrons. The van der Waals surface area contributed by atoms with E-state index in [2.05, 4.69) is 15.3 Å². The number of rotatable bonds is 5. The fourth-order valence-corrected chi connectivity index (χ4v) is 1.68. The number of nitrogens with zero attached hydrogens (tertiary/aromatic N) is 2. The summed E-state index contributed by atoms with van der Waals surface area (Å²) in [6.07, 6.45) is 1.79. The predicted molar refractivity (Wildman–Crippen MR) is 77.2 cm³/mol. The molecule has 0 saturated heterocycles. The lowest BCUT2D eigenvalue weighted by molar-refractivity contribution is 0.0695. The first-order valence-corrected chi connectivity index (χ1v) is 6.58. The number of hydrogen-bond donors (Lipinski definition) is 2. The van der Waals surface area contributed by atoms with Crippen molar-refractivity contribution < 1.29 is 19.4 Å². The van der Waals surface area contributed by atoms with Crippen LogP contribution in [0.5, 0.6) is 0 Å². The summed E-state index contributed by atoms with van der Waals surface area (Å²) >= 11 is 0. The van der Waals surface area contributed by atoms with Gasteiger partial charge in [0.1, 0.15) is 12.4 Å². The number of nitrogens with one attached hydrogen (secondary N) is 1. The van der Waals surface area contributed by atoms with Gasteiger partial charge in [-0.1, -0.05) is 30.3 Å². The van der Waals surface area contributed by atoms with Gasteiger partial charge in [0.05, 0.1) is 11.6 Å². The van der Waals surface area contributed by atoms with E-state index in [1.807, 2.05) is 30.3 Å². The van der Waals surface area contributed by atoms with Crippen LogP contribution in [0.15, 0.2) is 42.7 Å². The second kappa shape index (κ2) is 7.16. The lowest BCUT2D eigenvalue weighted by Crippen LogP contribution is -2.28. The highest BCUT2D eigenvalue weighted by Crippen LogP contribution is 2.07. The Morgan fingerprint density at radius 1 is 1.23 bits per heavy atom. The molecule has 0 bridgehead atoms. The fourth-order valence-electron chi connectivity index (χ4n) is 1.68. The van der Waals surface area contributed by atoms with Crippen LogP contribution in [0.4, 0.5) is 4.79 Å². The Hall–Kier alpha value is -2.96. The van der Waals surface area contributed by atoms with Gasteiger partial charge in [0.2, 0.25) is 0 Å². The zero-order chi connectivity index (χ0) is 15.9. The molecule has 22 heavy (non-hydrogen) atoms. The number of aromatic nitrogens is 2. The van der Waals surface area contributed by atoms with E-state index in [1.54, 1.807) is 6.92 Å². The molecule has 1 amide bonds. The highest BCUT2D eigenvalue weighted by atomic mass is 16.5. The van der Waals surface area contributed by atoms with Crippen molar-refractivity contribution in [3.63, 3.8) is 0 Å². The molecule has 1 aromatic carbocycles. The number of ether oxygens (including phenoxy) is 1. The third kappa shape index (κ3) is 4.27. The van der Waals surface area contributed by atoms with Crippen molar-refractivity contribution in [3.05, 3.63) is 59.7 Å². The minimum absolute atomic E-state index is 0.0115. The van der Waals surface area contributed by atoms with E-state index in [9.17, 15) is 9.59 Å². The van der Waals surface area contributed by atoms with Crippen LogP contribution in [0.1, 0.15) is 34.7 Å². The molecule has 0 aliphatic heterocycles. The van der Waals surface area contributed by atoms with Crippen molar-refractivity contribution in [2.45, 2.75) is 19.6 Å². The lowest BCUT2D eigenvalue weighted by Gasteiger charge is -2.12. The number of alkyl carbamates (subject to hydrolysis) is 1. The highest BCUT2D eigenvalue weighted by molar-refractivity contribution is 5.86. The summed E-state index contributed by atoms with van der Waals surface area (Å²) in [6.45, 7) is 1.84. The molecule has 7 nitrogen and oxygen atoms in total. The number of amides is 1. The SMILES string of the molecule is C[C@H](NC(=O)OCc1ccccc1)c1ncc(C(=O)O)cn1. The number of carbonyl (C=O) groups is 2. The summed E-state index contributed by atoms with van der Waals surface area (Å²) < 4.78 is 5.08. The molecule has 2 rings (SSSR count). The Morgan fingerprint density at radius 2 is 1.86 bits per heavy atom. The van der Waals surface area contributed by atoms with Gasteiger partial charge in [-0.3, -0.25) is 0 Å². The molecule has 0 aliphatic rings.